The van der Waals surface area contributed by atoms with Crippen molar-refractivity contribution in [3.05, 3.63) is 52.9 Å². The van der Waals surface area contributed by atoms with E-state index in [0.29, 0.717) is 12.3 Å². The molecule has 1 saturated heterocycles. The molecule has 1 N–H and O–H groups in total. The summed E-state index contributed by atoms with van der Waals surface area (Å²) < 4.78 is 5.32. The zero-order valence-corrected chi connectivity index (χ0v) is 13.1. The highest BCUT2D eigenvalue weighted by Gasteiger charge is 2.55. The molecule has 1 saturated carbocycles. The normalized spacial score (nSPS) is 25.4. The minimum atomic E-state index is -0.898. The summed E-state index contributed by atoms with van der Waals surface area (Å²) in [5.41, 5.74) is 2.00. The number of imide groups is 1. The first kappa shape index (κ1) is 13.8. The first-order valence-corrected chi connectivity index (χ1v) is 8.35. The number of fused-ring (bicyclic) bond motifs is 2. The SMILES string of the molecule is O=C1NC2(CCc3ccccc32)C(=O)N1Cc1cnoc1C1CC1. The van der Waals surface area contributed by atoms with Crippen molar-refractivity contribution in [1.82, 2.24) is 15.4 Å². The Hall–Kier alpha value is -2.63. The number of aromatic nitrogens is 1. The Balaban J connectivity index is 1.48. The lowest BCUT2D eigenvalue weighted by Gasteiger charge is -2.22. The first-order valence-electron chi connectivity index (χ1n) is 8.35. The third-order valence-corrected chi connectivity index (χ3v) is 5.37. The number of aryl methyl sites for hydroxylation is 1. The number of amides is 3. The lowest BCUT2D eigenvalue weighted by atomic mass is 9.92. The van der Waals surface area contributed by atoms with E-state index in [0.717, 1.165) is 41.7 Å². The fourth-order valence-electron chi connectivity index (χ4n) is 3.97. The van der Waals surface area contributed by atoms with E-state index in [1.54, 1.807) is 6.20 Å². The van der Waals surface area contributed by atoms with Crippen LogP contribution < -0.4 is 5.32 Å². The van der Waals surface area contributed by atoms with Gasteiger partial charge in [-0.25, -0.2) is 4.79 Å². The molecule has 2 heterocycles. The lowest BCUT2D eigenvalue weighted by Crippen LogP contribution is -2.41. The number of benzene rings is 1. The van der Waals surface area contributed by atoms with E-state index in [9.17, 15) is 9.59 Å². The molecule has 2 aliphatic carbocycles. The van der Waals surface area contributed by atoms with Crippen molar-refractivity contribution in [1.29, 1.82) is 0 Å². The van der Waals surface area contributed by atoms with Crippen LogP contribution in [0.2, 0.25) is 0 Å². The molecule has 1 aromatic carbocycles. The molecule has 24 heavy (non-hydrogen) atoms. The highest BCUT2D eigenvalue weighted by molar-refractivity contribution is 6.08. The largest absolute Gasteiger partial charge is 0.361 e. The van der Waals surface area contributed by atoms with E-state index in [1.807, 2.05) is 24.3 Å². The molecule has 3 aliphatic rings. The Bertz CT molecular complexity index is 855. The molecule has 2 fully saturated rings. The van der Waals surface area contributed by atoms with Gasteiger partial charge in [-0.05, 0) is 36.8 Å². The maximum Gasteiger partial charge on any atom is 0.325 e. The molecule has 6 nitrogen and oxygen atoms in total. The molecule has 0 radical (unpaired) electrons. The first-order chi connectivity index (χ1) is 11.7. The molecule has 1 atom stereocenters. The summed E-state index contributed by atoms with van der Waals surface area (Å²) in [5.74, 6) is 1.05. The molecule has 1 spiro atoms. The monoisotopic (exact) mass is 323 g/mol. The third-order valence-electron chi connectivity index (χ3n) is 5.37. The number of carbonyl (C=O) groups is 2. The minimum absolute atomic E-state index is 0.166. The highest BCUT2D eigenvalue weighted by Crippen LogP contribution is 2.44. The van der Waals surface area contributed by atoms with Gasteiger partial charge >= 0.3 is 6.03 Å². The Labute approximate surface area is 138 Å². The van der Waals surface area contributed by atoms with E-state index >= 15 is 0 Å². The summed E-state index contributed by atoms with van der Waals surface area (Å²) in [5, 5.41) is 6.80. The van der Waals surface area contributed by atoms with Crippen LogP contribution in [0.4, 0.5) is 4.79 Å². The van der Waals surface area contributed by atoms with E-state index in [1.165, 1.54) is 4.90 Å². The fraction of sp³-hybridized carbons (Fsp3) is 0.389. The summed E-state index contributed by atoms with van der Waals surface area (Å²) >= 11 is 0. The molecule has 1 aromatic heterocycles. The summed E-state index contributed by atoms with van der Waals surface area (Å²) in [7, 11) is 0. The van der Waals surface area contributed by atoms with Crippen LogP contribution in [0.5, 0.6) is 0 Å². The zero-order valence-electron chi connectivity index (χ0n) is 13.1. The lowest BCUT2D eigenvalue weighted by molar-refractivity contribution is -0.132. The van der Waals surface area contributed by atoms with Crippen molar-refractivity contribution >= 4 is 11.9 Å². The van der Waals surface area contributed by atoms with Gasteiger partial charge in [0.25, 0.3) is 5.91 Å². The number of urea groups is 1. The van der Waals surface area contributed by atoms with Gasteiger partial charge in [0.15, 0.2) is 0 Å². The van der Waals surface area contributed by atoms with Gasteiger partial charge < -0.3 is 9.84 Å². The van der Waals surface area contributed by atoms with Crippen LogP contribution in [0.25, 0.3) is 0 Å². The van der Waals surface area contributed by atoms with Crippen LogP contribution in [0.3, 0.4) is 0 Å². The smallest absolute Gasteiger partial charge is 0.325 e. The predicted octanol–water partition coefficient (Wildman–Crippen LogP) is 2.45. The molecule has 0 bridgehead atoms. The number of rotatable bonds is 3. The van der Waals surface area contributed by atoms with E-state index in [2.05, 4.69) is 10.5 Å². The van der Waals surface area contributed by atoms with Gasteiger partial charge in [-0.2, -0.15) is 0 Å². The highest BCUT2D eigenvalue weighted by atomic mass is 16.5. The van der Waals surface area contributed by atoms with Crippen molar-refractivity contribution in [2.75, 3.05) is 0 Å². The van der Waals surface area contributed by atoms with E-state index < -0.39 is 5.54 Å². The number of hydrogen-bond acceptors (Lipinski definition) is 4. The summed E-state index contributed by atoms with van der Waals surface area (Å²) in [6.45, 7) is 0.226. The molecule has 122 valence electrons. The summed E-state index contributed by atoms with van der Waals surface area (Å²) in [6.07, 6.45) is 5.21. The second-order valence-electron chi connectivity index (χ2n) is 6.87. The Morgan fingerprint density at radius 3 is 2.96 bits per heavy atom. The van der Waals surface area contributed by atoms with Crippen molar-refractivity contribution in [3.8, 4) is 0 Å². The predicted molar refractivity (Wildman–Crippen MR) is 84.0 cm³/mol. The van der Waals surface area contributed by atoms with Crippen LogP contribution in [0.1, 0.15) is 47.6 Å². The molecular weight excluding hydrogens is 306 g/mol. The second-order valence-corrected chi connectivity index (χ2v) is 6.87. The average molecular weight is 323 g/mol. The van der Waals surface area contributed by atoms with Gasteiger partial charge in [0.1, 0.15) is 11.3 Å². The summed E-state index contributed by atoms with van der Waals surface area (Å²) in [6, 6.07) is 7.52. The maximum absolute atomic E-state index is 13.1. The summed E-state index contributed by atoms with van der Waals surface area (Å²) in [4.78, 5) is 26.9. The molecule has 1 unspecified atom stereocenters. The number of carbonyl (C=O) groups excluding carboxylic acids is 2. The van der Waals surface area contributed by atoms with Gasteiger partial charge in [0, 0.05) is 11.5 Å². The van der Waals surface area contributed by atoms with Crippen LogP contribution in [0, 0.1) is 0 Å². The Kier molecular flexibility index (Phi) is 2.69. The second kappa shape index (κ2) is 4.69. The topological polar surface area (TPSA) is 75.4 Å². The molecular formula is C18H17N3O3. The molecule has 1 aliphatic heterocycles. The number of nitrogens with one attached hydrogen (secondary N) is 1. The van der Waals surface area contributed by atoms with Gasteiger partial charge in [-0.1, -0.05) is 29.4 Å². The van der Waals surface area contributed by atoms with Crippen LogP contribution in [-0.2, 0) is 23.3 Å². The number of nitrogens with zero attached hydrogens (tertiary/aromatic N) is 2. The van der Waals surface area contributed by atoms with Crippen LogP contribution in [0.15, 0.2) is 35.0 Å². The van der Waals surface area contributed by atoms with Crippen molar-refractivity contribution in [2.24, 2.45) is 0 Å². The standard InChI is InChI=1S/C18H17N3O3/c22-16-18(8-7-11-3-1-2-4-14(11)18)20-17(23)21(16)10-13-9-19-24-15(13)12-5-6-12/h1-4,9,12H,5-8,10H2,(H,20,23). The van der Waals surface area contributed by atoms with Gasteiger partial charge in [-0.3, -0.25) is 9.69 Å². The molecule has 6 heteroatoms. The van der Waals surface area contributed by atoms with Gasteiger partial charge in [0.2, 0.25) is 0 Å². The maximum atomic E-state index is 13.1. The van der Waals surface area contributed by atoms with E-state index in [-0.39, 0.29) is 18.5 Å². The van der Waals surface area contributed by atoms with E-state index in [4.69, 9.17) is 4.52 Å². The van der Waals surface area contributed by atoms with Gasteiger partial charge in [0.05, 0.1) is 12.7 Å². The van der Waals surface area contributed by atoms with Crippen LogP contribution >= 0.6 is 0 Å². The Morgan fingerprint density at radius 1 is 1.29 bits per heavy atom. The minimum Gasteiger partial charge on any atom is -0.361 e. The number of hydrogen-bond donors (Lipinski definition) is 1. The molecule has 3 amide bonds. The quantitative estimate of drug-likeness (QED) is 0.880. The Morgan fingerprint density at radius 2 is 2.12 bits per heavy atom. The van der Waals surface area contributed by atoms with Gasteiger partial charge in [-0.15, -0.1) is 0 Å². The van der Waals surface area contributed by atoms with Crippen molar-refractivity contribution in [3.63, 3.8) is 0 Å². The van der Waals surface area contributed by atoms with Crippen LogP contribution in [-0.4, -0.2) is 22.0 Å². The fourth-order valence-corrected chi connectivity index (χ4v) is 3.97. The van der Waals surface area contributed by atoms with Crippen molar-refractivity contribution < 1.29 is 14.1 Å². The molecule has 2 aromatic rings. The average Bonchev–Trinajstić information content (AvgIpc) is 3.14. The zero-order chi connectivity index (χ0) is 16.3. The van der Waals surface area contributed by atoms with Crippen molar-refractivity contribution in [2.45, 2.75) is 43.7 Å². The molecule has 5 rings (SSSR count). The third kappa shape index (κ3) is 1.79.